The monoisotopic (exact) mass is 194 g/mol. The maximum absolute atomic E-state index is 11.6. The molecule has 0 unspecified atom stereocenters. The SMILES string of the molecule is CC(=O)CC[C@H]1C(=O)C=CCC[C@H]1C. The molecule has 0 fully saturated rings. The van der Waals surface area contributed by atoms with Crippen LogP contribution in [0.15, 0.2) is 12.2 Å². The molecule has 2 heteroatoms. The summed E-state index contributed by atoms with van der Waals surface area (Å²) < 4.78 is 0. The van der Waals surface area contributed by atoms with E-state index in [1.54, 1.807) is 13.0 Å². The van der Waals surface area contributed by atoms with Crippen LogP contribution in [-0.4, -0.2) is 11.6 Å². The maximum Gasteiger partial charge on any atom is 0.158 e. The molecule has 0 radical (unpaired) electrons. The van der Waals surface area contributed by atoms with Crippen LogP contribution >= 0.6 is 0 Å². The molecule has 0 aliphatic heterocycles. The molecule has 0 spiro atoms. The van der Waals surface area contributed by atoms with Gasteiger partial charge in [-0.2, -0.15) is 0 Å². The number of hydrogen-bond acceptors (Lipinski definition) is 2. The molecule has 14 heavy (non-hydrogen) atoms. The van der Waals surface area contributed by atoms with E-state index in [1.807, 2.05) is 6.08 Å². The quantitative estimate of drug-likeness (QED) is 0.691. The van der Waals surface area contributed by atoms with Gasteiger partial charge < -0.3 is 4.79 Å². The Hall–Kier alpha value is -0.920. The molecule has 0 aromatic rings. The van der Waals surface area contributed by atoms with Gasteiger partial charge in [0.05, 0.1) is 0 Å². The largest absolute Gasteiger partial charge is 0.300 e. The summed E-state index contributed by atoms with van der Waals surface area (Å²) in [6, 6.07) is 0. The van der Waals surface area contributed by atoms with Crippen LogP contribution in [0.4, 0.5) is 0 Å². The van der Waals surface area contributed by atoms with Crippen LogP contribution in [0.25, 0.3) is 0 Å². The summed E-state index contributed by atoms with van der Waals surface area (Å²) in [7, 11) is 0. The molecule has 1 rings (SSSR count). The van der Waals surface area contributed by atoms with Crippen LogP contribution in [0.3, 0.4) is 0 Å². The molecule has 2 nitrogen and oxygen atoms in total. The second kappa shape index (κ2) is 5.08. The van der Waals surface area contributed by atoms with Crippen molar-refractivity contribution in [3.63, 3.8) is 0 Å². The fourth-order valence-electron chi connectivity index (χ4n) is 1.95. The molecule has 0 amide bonds. The van der Waals surface area contributed by atoms with Crippen LogP contribution in [-0.2, 0) is 9.59 Å². The van der Waals surface area contributed by atoms with Gasteiger partial charge in [0.1, 0.15) is 5.78 Å². The Kier molecular flexibility index (Phi) is 4.05. The van der Waals surface area contributed by atoms with Gasteiger partial charge in [-0.25, -0.2) is 0 Å². The van der Waals surface area contributed by atoms with Gasteiger partial charge in [-0.1, -0.05) is 13.0 Å². The normalized spacial score (nSPS) is 27.4. The van der Waals surface area contributed by atoms with Crippen molar-refractivity contribution in [3.05, 3.63) is 12.2 Å². The predicted octanol–water partition coefficient (Wildman–Crippen LogP) is 2.53. The highest BCUT2D eigenvalue weighted by Gasteiger charge is 2.24. The highest BCUT2D eigenvalue weighted by molar-refractivity contribution is 5.92. The Labute approximate surface area is 85.4 Å². The second-order valence-electron chi connectivity index (χ2n) is 4.21. The fourth-order valence-corrected chi connectivity index (χ4v) is 1.95. The van der Waals surface area contributed by atoms with Gasteiger partial charge in [0.2, 0.25) is 0 Å². The molecule has 0 saturated carbocycles. The number of ketones is 2. The fraction of sp³-hybridized carbons (Fsp3) is 0.667. The van der Waals surface area contributed by atoms with Gasteiger partial charge in [-0.05, 0) is 38.2 Å². The van der Waals surface area contributed by atoms with Gasteiger partial charge in [0.15, 0.2) is 5.78 Å². The van der Waals surface area contributed by atoms with E-state index >= 15 is 0 Å². The molecular weight excluding hydrogens is 176 g/mol. The summed E-state index contributed by atoms with van der Waals surface area (Å²) >= 11 is 0. The Morgan fingerprint density at radius 3 is 2.93 bits per heavy atom. The van der Waals surface area contributed by atoms with Crippen LogP contribution in [0.1, 0.15) is 39.5 Å². The summed E-state index contributed by atoms with van der Waals surface area (Å²) in [6.45, 7) is 3.69. The van der Waals surface area contributed by atoms with Gasteiger partial charge in [-0.15, -0.1) is 0 Å². The molecule has 78 valence electrons. The lowest BCUT2D eigenvalue weighted by Crippen LogP contribution is -2.20. The van der Waals surface area contributed by atoms with Crippen molar-refractivity contribution in [1.82, 2.24) is 0 Å². The van der Waals surface area contributed by atoms with Crippen molar-refractivity contribution in [1.29, 1.82) is 0 Å². The lowest BCUT2D eigenvalue weighted by molar-refractivity contribution is -0.120. The lowest BCUT2D eigenvalue weighted by atomic mass is 9.85. The number of rotatable bonds is 3. The Balaban J connectivity index is 2.57. The van der Waals surface area contributed by atoms with Gasteiger partial charge in [0.25, 0.3) is 0 Å². The number of Topliss-reactive ketones (excluding diaryl/α,β-unsaturated/α-hetero) is 1. The molecule has 0 aromatic heterocycles. The molecule has 1 aliphatic rings. The van der Waals surface area contributed by atoms with Crippen LogP contribution < -0.4 is 0 Å². The average molecular weight is 194 g/mol. The number of carbonyl (C=O) groups is 2. The predicted molar refractivity (Wildman–Crippen MR) is 56.0 cm³/mol. The number of allylic oxidation sites excluding steroid dienone is 2. The van der Waals surface area contributed by atoms with Crippen molar-refractivity contribution in [2.24, 2.45) is 11.8 Å². The highest BCUT2D eigenvalue weighted by Crippen LogP contribution is 2.26. The third-order valence-electron chi connectivity index (χ3n) is 2.93. The van der Waals surface area contributed by atoms with E-state index in [9.17, 15) is 9.59 Å². The first kappa shape index (κ1) is 11.2. The Bertz CT molecular complexity index is 253. The van der Waals surface area contributed by atoms with Crippen molar-refractivity contribution in [2.45, 2.75) is 39.5 Å². The standard InChI is InChI=1S/C12H18O2/c1-9-5-3-4-6-12(14)11(9)8-7-10(2)13/h4,6,9,11H,3,5,7-8H2,1-2H3/t9-,11-/m1/s1. The smallest absolute Gasteiger partial charge is 0.158 e. The van der Waals surface area contributed by atoms with E-state index < -0.39 is 0 Å². The molecule has 0 N–H and O–H groups in total. The van der Waals surface area contributed by atoms with E-state index in [1.165, 1.54) is 0 Å². The zero-order valence-electron chi connectivity index (χ0n) is 8.95. The highest BCUT2D eigenvalue weighted by atomic mass is 16.1. The molecule has 0 bridgehead atoms. The minimum atomic E-state index is 0.0673. The zero-order chi connectivity index (χ0) is 10.6. The summed E-state index contributed by atoms with van der Waals surface area (Å²) in [5, 5.41) is 0. The van der Waals surface area contributed by atoms with Crippen LogP contribution in [0, 0.1) is 11.8 Å². The zero-order valence-corrected chi connectivity index (χ0v) is 8.95. The number of hydrogen-bond donors (Lipinski definition) is 0. The van der Waals surface area contributed by atoms with Gasteiger partial charge >= 0.3 is 0 Å². The van der Waals surface area contributed by atoms with Crippen molar-refractivity contribution >= 4 is 11.6 Å². The minimum Gasteiger partial charge on any atom is -0.300 e. The van der Waals surface area contributed by atoms with Crippen molar-refractivity contribution in [2.75, 3.05) is 0 Å². The Morgan fingerprint density at radius 1 is 1.57 bits per heavy atom. The molecule has 0 heterocycles. The first-order chi connectivity index (χ1) is 6.61. The van der Waals surface area contributed by atoms with Gasteiger partial charge in [-0.3, -0.25) is 4.79 Å². The maximum atomic E-state index is 11.6. The van der Waals surface area contributed by atoms with Crippen molar-refractivity contribution < 1.29 is 9.59 Å². The molecule has 2 atom stereocenters. The number of carbonyl (C=O) groups excluding carboxylic acids is 2. The average Bonchev–Trinajstić information content (AvgIpc) is 2.25. The summed E-state index contributed by atoms with van der Waals surface area (Å²) in [6.07, 6.45) is 6.95. The van der Waals surface area contributed by atoms with E-state index in [0.717, 1.165) is 19.3 Å². The third-order valence-corrected chi connectivity index (χ3v) is 2.93. The van der Waals surface area contributed by atoms with Gasteiger partial charge in [0, 0.05) is 12.3 Å². The topological polar surface area (TPSA) is 34.1 Å². The van der Waals surface area contributed by atoms with Crippen LogP contribution in [0.5, 0.6) is 0 Å². The first-order valence-corrected chi connectivity index (χ1v) is 5.31. The molecule has 0 saturated heterocycles. The second-order valence-corrected chi connectivity index (χ2v) is 4.21. The van der Waals surface area contributed by atoms with E-state index in [4.69, 9.17) is 0 Å². The van der Waals surface area contributed by atoms with E-state index in [-0.39, 0.29) is 17.5 Å². The Morgan fingerprint density at radius 2 is 2.29 bits per heavy atom. The van der Waals surface area contributed by atoms with E-state index in [2.05, 4.69) is 6.92 Å². The van der Waals surface area contributed by atoms with Crippen molar-refractivity contribution in [3.8, 4) is 0 Å². The summed E-state index contributed by atoms with van der Waals surface area (Å²) in [5.74, 6) is 0.865. The van der Waals surface area contributed by atoms with E-state index in [0.29, 0.717) is 12.3 Å². The molecular formula is C12H18O2. The minimum absolute atomic E-state index is 0.0673. The summed E-state index contributed by atoms with van der Waals surface area (Å²) in [5.41, 5.74) is 0. The first-order valence-electron chi connectivity index (χ1n) is 5.31. The summed E-state index contributed by atoms with van der Waals surface area (Å²) in [4.78, 5) is 22.5. The third kappa shape index (κ3) is 3.09. The lowest BCUT2D eigenvalue weighted by Gasteiger charge is -2.18. The molecule has 0 aromatic carbocycles. The molecule has 1 aliphatic carbocycles. The van der Waals surface area contributed by atoms with Crippen LogP contribution in [0.2, 0.25) is 0 Å².